The van der Waals surface area contributed by atoms with Crippen molar-refractivity contribution in [3.05, 3.63) is 88.4 Å². The van der Waals surface area contributed by atoms with E-state index in [0.29, 0.717) is 34.5 Å². The summed E-state index contributed by atoms with van der Waals surface area (Å²) in [5.41, 5.74) is 2.81. The van der Waals surface area contributed by atoms with Gasteiger partial charge in [0.1, 0.15) is 0 Å². The lowest BCUT2D eigenvalue weighted by molar-refractivity contribution is 0.0889. The van der Waals surface area contributed by atoms with Crippen molar-refractivity contribution in [2.24, 2.45) is 11.8 Å². The van der Waals surface area contributed by atoms with Crippen LogP contribution in [0.2, 0.25) is 5.02 Å². The van der Waals surface area contributed by atoms with Crippen molar-refractivity contribution >= 4 is 40.9 Å². The Labute approximate surface area is 216 Å². The molecule has 1 aliphatic heterocycles. The molecule has 4 nitrogen and oxygen atoms in total. The standard InChI is InChI=1S/C29H29ClN2O2S/c1-18-8-7-12-24(19(18)2)31-28(33)20-14-15-27-25(16-20)32(17-21-9-3-5-11-23(21)30)29(34)22-10-4-6-13-26(22)35-27/h3-6,9-11,13-16,18-19,24H,7-8,12,17H2,1-2H3,(H,31,33). The van der Waals surface area contributed by atoms with E-state index in [1.807, 2.05) is 66.7 Å². The Balaban J connectivity index is 1.52. The quantitative estimate of drug-likeness (QED) is 0.408. The van der Waals surface area contributed by atoms with Gasteiger partial charge in [-0.05, 0) is 60.2 Å². The molecule has 1 fully saturated rings. The lowest BCUT2D eigenvalue weighted by atomic mass is 9.78. The van der Waals surface area contributed by atoms with Crippen LogP contribution in [-0.2, 0) is 6.54 Å². The molecule has 1 saturated carbocycles. The number of anilines is 1. The number of hydrogen-bond donors (Lipinski definition) is 1. The summed E-state index contributed by atoms with van der Waals surface area (Å²) in [4.78, 5) is 30.7. The van der Waals surface area contributed by atoms with Crippen molar-refractivity contribution in [3.63, 3.8) is 0 Å². The van der Waals surface area contributed by atoms with Crippen molar-refractivity contribution in [1.82, 2.24) is 5.32 Å². The maximum absolute atomic E-state index is 13.8. The summed E-state index contributed by atoms with van der Waals surface area (Å²) >= 11 is 8.02. The normalized spacial score (nSPS) is 21.6. The first kappa shape index (κ1) is 24.0. The number of carbonyl (C=O) groups excluding carboxylic acids is 2. The lowest BCUT2D eigenvalue weighted by Gasteiger charge is -2.34. The second-order valence-electron chi connectivity index (χ2n) is 9.61. The maximum Gasteiger partial charge on any atom is 0.259 e. The second kappa shape index (κ2) is 10.1. The number of nitrogens with zero attached hydrogens (tertiary/aromatic N) is 1. The van der Waals surface area contributed by atoms with Crippen LogP contribution in [0.15, 0.2) is 76.5 Å². The molecule has 6 heteroatoms. The summed E-state index contributed by atoms with van der Waals surface area (Å²) in [5.74, 6) is 0.853. The third-order valence-corrected chi connectivity index (χ3v) is 8.91. The van der Waals surface area contributed by atoms with Crippen LogP contribution in [0.1, 0.15) is 59.4 Å². The van der Waals surface area contributed by atoms with Crippen LogP contribution in [0.3, 0.4) is 0 Å². The number of amides is 2. The van der Waals surface area contributed by atoms with Crippen LogP contribution in [0, 0.1) is 11.8 Å². The molecule has 3 aromatic carbocycles. The molecule has 180 valence electrons. The van der Waals surface area contributed by atoms with Crippen molar-refractivity contribution in [2.45, 2.75) is 55.5 Å². The van der Waals surface area contributed by atoms with E-state index in [9.17, 15) is 9.59 Å². The van der Waals surface area contributed by atoms with Gasteiger partial charge in [0, 0.05) is 26.4 Å². The number of fused-ring (bicyclic) bond motifs is 2. The van der Waals surface area contributed by atoms with E-state index in [1.165, 1.54) is 6.42 Å². The fraction of sp³-hybridized carbons (Fsp3) is 0.310. The summed E-state index contributed by atoms with van der Waals surface area (Å²) in [6.07, 6.45) is 3.35. The molecule has 2 aliphatic rings. The number of nitrogens with one attached hydrogen (secondary N) is 1. The Morgan fingerprint density at radius 1 is 1.03 bits per heavy atom. The smallest absolute Gasteiger partial charge is 0.259 e. The minimum atomic E-state index is -0.0981. The molecule has 2 amide bonds. The van der Waals surface area contributed by atoms with E-state index in [0.717, 1.165) is 33.9 Å². The van der Waals surface area contributed by atoms with Crippen molar-refractivity contribution in [3.8, 4) is 0 Å². The van der Waals surface area contributed by atoms with Crippen LogP contribution >= 0.6 is 23.4 Å². The zero-order chi connectivity index (χ0) is 24.5. The average Bonchev–Trinajstić information content (AvgIpc) is 2.97. The molecule has 0 spiro atoms. The lowest BCUT2D eigenvalue weighted by Crippen LogP contribution is -2.43. The Bertz CT molecular complexity index is 1280. The largest absolute Gasteiger partial charge is 0.349 e. The zero-order valence-electron chi connectivity index (χ0n) is 20.0. The Hall–Kier alpha value is -2.76. The molecule has 1 heterocycles. The monoisotopic (exact) mass is 504 g/mol. The SMILES string of the molecule is CC1CCCC(NC(=O)c2ccc3c(c2)N(Cc2ccccc2Cl)C(=O)c2ccccc2S3)C1C. The first-order chi connectivity index (χ1) is 16.9. The molecule has 0 saturated heterocycles. The van der Waals surface area contributed by atoms with Gasteiger partial charge in [-0.2, -0.15) is 0 Å². The van der Waals surface area contributed by atoms with Gasteiger partial charge in [0.05, 0.1) is 17.8 Å². The van der Waals surface area contributed by atoms with Gasteiger partial charge in [-0.15, -0.1) is 0 Å². The summed E-state index contributed by atoms with van der Waals surface area (Å²) in [7, 11) is 0. The summed E-state index contributed by atoms with van der Waals surface area (Å²) in [6, 6.07) is 21.1. The van der Waals surface area contributed by atoms with Gasteiger partial charge in [-0.1, -0.05) is 80.4 Å². The molecule has 3 atom stereocenters. The van der Waals surface area contributed by atoms with E-state index >= 15 is 0 Å². The van der Waals surface area contributed by atoms with Crippen molar-refractivity contribution in [2.75, 3.05) is 4.90 Å². The first-order valence-corrected chi connectivity index (χ1v) is 13.4. The van der Waals surface area contributed by atoms with E-state index < -0.39 is 0 Å². The summed E-state index contributed by atoms with van der Waals surface area (Å²) in [5, 5.41) is 3.88. The van der Waals surface area contributed by atoms with Gasteiger partial charge in [0.25, 0.3) is 11.8 Å². The Kier molecular flexibility index (Phi) is 6.90. The Morgan fingerprint density at radius 3 is 2.63 bits per heavy atom. The van der Waals surface area contributed by atoms with Crippen LogP contribution < -0.4 is 10.2 Å². The van der Waals surface area contributed by atoms with Gasteiger partial charge in [0.2, 0.25) is 0 Å². The molecule has 0 bridgehead atoms. The van der Waals surface area contributed by atoms with Gasteiger partial charge in [0.15, 0.2) is 0 Å². The molecular formula is C29H29ClN2O2S. The molecule has 3 aromatic rings. The third-order valence-electron chi connectivity index (χ3n) is 7.40. The number of benzene rings is 3. The van der Waals surface area contributed by atoms with Crippen LogP contribution in [0.5, 0.6) is 0 Å². The van der Waals surface area contributed by atoms with Crippen LogP contribution in [-0.4, -0.2) is 17.9 Å². The summed E-state index contributed by atoms with van der Waals surface area (Å²) in [6.45, 7) is 4.81. The van der Waals surface area contributed by atoms with Gasteiger partial charge >= 0.3 is 0 Å². The average molecular weight is 505 g/mol. The third kappa shape index (κ3) is 4.85. The van der Waals surface area contributed by atoms with Crippen molar-refractivity contribution < 1.29 is 9.59 Å². The van der Waals surface area contributed by atoms with E-state index in [1.54, 1.807) is 16.7 Å². The fourth-order valence-electron chi connectivity index (χ4n) is 5.05. The van der Waals surface area contributed by atoms with Crippen LogP contribution in [0.25, 0.3) is 0 Å². The highest BCUT2D eigenvalue weighted by molar-refractivity contribution is 7.99. The zero-order valence-corrected chi connectivity index (χ0v) is 21.5. The first-order valence-electron chi connectivity index (χ1n) is 12.2. The number of halogens is 1. The van der Waals surface area contributed by atoms with Crippen LogP contribution in [0.4, 0.5) is 5.69 Å². The maximum atomic E-state index is 13.8. The molecule has 1 aliphatic carbocycles. The molecule has 0 radical (unpaired) electrons. The van der Waals surface area contributed by atoms with Crippen molar-refractivity contribution in [1.29, 1.82) is 0 Å². The number of hydrogen-bond acceptors (Lipinski definition) is 3. The topological polar surface area (TPSA) is 49.4 Å². The Morgan fingerprint density at radius 2 is 1.80 bits per heavy atom. The molecule has 3 unspecified atom stereocenters. The predicted octanol–water partition coefficient (Wildman–Crippen LogP) is 7.21. The molecule has 0 aromatic heterocycles. The predicted molar refractivity (Wildman–Crippen MR) is 142 cm³/mol. The van der Waals surface area contributed by atoms with E-state index in [-0.39, 0.29) is 17.9 Å². The highest BCUT2D eigenvalue weighted by Crippen LogP contribution is 2.42. The van der Waals surface area contributed by atoms with Gasteiger partial charge in [-0.3, -0.25) is 9.59 Å². The molecular weight excluding hydrogens is 476 g/mol. The fourth-order valence-corrected chi connectivity index (χ4v) is 6.31. The number of rotatable bonds is 4. The van der Waals surface area contributed by atoms with Gasteiger partial charge in [-0.25, -0.2) is 0 Å². The highest BCUT2D eigenvalue weighted by Gasteiger charge is 2.31. The molecule has 35 heavy (non-hydrogen) atoms. The minimum absolute atomic E-state index is 0.0874. The highest BCUT2D eigenvalue weighted by atomic mass is 35.5. The van der Waals surface area contributed by atoms with Gasteiger partial charge < -0.3 is 10.2 Å². The number of carbonyl (C=O) groups is 2. The van der Waals surface area contributed by atoms with E-state index in [4.69, 9.17) is 11.6 Å². The second-order valence-corrected chi connectivity index (χ2v) is 11.1. The minimum Gasteiger partial charge on any atom is -0.349 e. The molecule has 1 N–H and O–H groups in total. The molecule has 5 rings (SSSR count). The van der Waals surface area contributed by atoms with E-state index in [2.05, 4.69) is 19.2 Å². The summed E-state index contributed by atoms with van der Waals surface area (Å²) < 4.78 is 0.